The quantitative estimate of drug-likeness (QED) is 0.639. The molecular formula is C22H33ClN2O2. The van der Waals surface area contributed by atoms with Gasteiger partial charge in [-0.3, -0.25) is 4.79 Å². The summed E-state index contributed by atoms with van der Waals surface area (Å²) in [6.07, 6.45) is 13.2. The average molecular weight is 393 g/mol. The van der Waals surface area contributed by atoms with Gasteiger partial charge < -0.3 is 10.2 Å². The first kappa shape index (κ1) is 21.7. The molecule has 0 spiro atoms. The molecule has 1 aromatic carbocycles. The predicted molar refractivity (Wildman–Crippen MR) is 112 cm³/mol. The van der Waals surface area contributed by atoms with Gasteiger partial charge in [0.05, 0.1) is 5.71 Å². The van der Waals surface area contributed by atoms with E-state index in [-0.39, 0.29) is 5.91 Å². The molecule has 150 valence electrons. The molecule has 4 nitrogen and oxygen atoms in total. The molecule has 0 bridgehead atoms. The van der Waals surface area contributed by atoms with Crippen molar-refractivity contribution in [3.63, 3.8) is 0 Å². The van der Waals surface area contributed by atoms with Crippen LogP contribution in [-0.4, -0.2) is 18.2 Å². The minimum Gasteiger partial charge on any atom is -0.391 e. The summed E-state index contributed by atoms with van der Waals surface area (Å²) in [5, 5.41) is 8.15. The molecule has 0 saturated carbocycles. The van der Waals surface area contributed by atoms with Crippen molar-refractivity contribution < 1.29 is 9.63 Å². The number of hydrogen-bond donors (Lipinski definition) is 1. The maximum absolute atomic E-state index is 11.8. The van der Waals surface area contributed by atoms with E-state index in [1.54, 1.807) is 0 Å². The number of halogens is 1. The Kier molecular flexibility index (Phi) is 10.9. The first-order valence-corrected chi connectivity index (χ1v) is 10.8. The molecular weight excluding hydrogens is 360 g/mol. The van der Waals surface area contributed by atoms with Gasteiger partial charge in [0, 0.05) is 18.0 Å². The number of amides is 1. The van der Waals surface area contributed by atoms with E-state index in [0.29, 0.717) is 13.0 Å². The van der Waals surface area contributed by atoms with Gasteiger partial charge in [0.2, 0.25) is 5.91 Å². The average Bonchev–Trinajstić information content (AvgIpc) is 2.66. The van der Waals surface area contributed by atoms with Gasteiger partial charge in [0.25, 0.3) is 0 Å². The summed E-state index contributed by atoms with van der Waals surface area (Å²) in [5.41, 5.74) is 2.16. The Morgan fingerprint density at radius 2 is 1.44 bits per heavy atom. The minimum atomic E-state index is 0.180. The highest BCUT2D eigenvalue weighted by Gasteiger charge is 2.05. The molecule has 0 aromatic heterocycles. The van der Waals surface area contributed by atoms with Gasteiger partial charge in [-0.05, 0) is 49.8 Å². The third kappa shape index (κ3) is 10.4. The van der Waals surface area contributed by atoms with Crippen LogP contribution in [0.5, 0.6) is 0 Å². The van der Waals surface area contributed by atoms with Crippen LogP contribution in [0, 0.1) is 0 Å². The van der Waals surface area contributed by atoms with E-state index in [2.05, 4.69) is 10.5 Å². The van der Waals surface area contributed by atoms with Crippen LogP contribution >= 0.6 is 11.6 Å². The van der Waals surface area contributed by atoms with Crippen molar-refractivity contribution in [3.8, 4) is 0 Å². The number of nitrogens with zero attached hydrogens (tertiary/aromatic N) is 1. The Hall–Kier alpha value is -1.55. The molecule has 1 aliphatic heterocycles. The second kappa shape index (κ2) is 13.6. The largest absolute Gasteiger partial charge is 0.391 e. The van der Waals surface area contributed by atoms with Crippen molar-refractivity contribution in [3.05, 3.63) is 34.9 Å². The minimum absolute atomic E-state index is 0.180. The molecule has 1 heterocycles. The number of carbonyl (C=O) groups excluding carboxylic acids is 1. The first-order valence-electron chi connectivity index (χ1n) is 10.4. The van der Waals surface area contributed by atoms with Crippen LogP contribution in [0.25, 0.3) is 0 Å². The highest BCUT2D eigenvalue weighted by molar-refractivity contribution is 6.30. The summed E-state index contributed by atoms with van der Waals surface area (Å²) in [6.45, 7) is 1.17. The van der Waals surface area contributed by atoms with Gasteiger partial charge in [-0.15, -0.1) is 0 Å². The highest BCUT2D eigenvalue weighted by Crippen LogP contribution is 2.14. The van der Waals surface area contributed by atoms with Crippen LogP contribution < -0.4 is 5.32 Å². The van der Waals surface area contributed by atoms with Gasteiger partial charge in [0.15, 0.2) is 0 Å². The molecule has 5 heteroatoms. The monoisotopic (exact) mass is 392 g/mol. The van der Waals surface area contributed by atoms with Gasteiger partial charge >= 0.3 is 0 Å². The van der Waals surface area contributed by atoms with Crippen LogP contribution in [0.15, 0.2) is 29.4 Å². The summed E-state index contributed by atoms with van der Waals surface area (Å²) in [7, 11) is 0. The second-order valence-electron chi connectivity index (χ2n) is 7.34. The number of oxime groups is 1. The molecule has 1 fully saturated rings. The van der Waals surface area contributed by atoms with Gasteiger partial charge in [-0.25, -0.2) is 0 Å². The molecule has 27 heavy (non-hydrogen) atoms. The molecule has 1 aliphatic rings. The fraction of sp³-hybridized carbons (Fsp3) is 0.636. The molecule has 1 aromatic rings. The van der Waals surface area contributed by atoms with Crippen molar-refractivity contribution >= 4 is 23.2 Å². The molecule has 2 rings (SSSR count). The molecule has 0 radical (unpaired) electrons. The molecule has 1 saturated heterocycles. The molecule has 1 amide bonds. The number of carbonyl (C=O) groups is 1. The van der Waals surface area contributed by atoms with Crippen molar-refractivity contribution in [2.24, 2.45) is 5.16 Å². The standard InChI is InChI=1S/C22H33ClN2O2/c23-20-15-13-19(14-16-20)18-27-25-21-10-7-5-3-1-2-4-6-8-12-22(26)24-17-9-11-21/h13-16H,1-12,17-18H2,(H,24,26)/b25-21-. The maximum Gasteiger partial charge on any atom is 0.219 e. The number of benzene rings is 1. The molecule has 0 unspecified atom stereocenters. The van der Waals surface area contributed by atoms with Crippen LogP contribution in [0.2, 0.25) is 5.02 Å². The summed E-state index contributed by atoms with van der Waals surface area (Å²) >= 11 is 5.91. The van der Waals surface area contributed by atoms with Crippen LogP contribution in [-0.2, 0) is 16.2 Å². The zero-order chi connectivity index (χ0) is 19.2. The van der Waals surface area contributed by atoms with E-state index in [4.69, 9.17) is 16.4 Å². The lowest BCUT2D eigenvalue weighted by Gasteiger charge is -2.10. The van der Waals surface area contributed by atoms with Crippen molar-refractivity contribution in [1.82, 2.24) is 5.32 Å². The Bertz CT molecular complexity index is 572. The van der Waals surface area contributed by atoms with E-state index < -0.39 is 0 Å². The highest BCUT2D eigenvalue weighted by atomic mass is 35.5. The fourth-order valence-corrected chi connectivity index (χ4v) is 3.40. The Labute approximate surface area is 168 Å². The maximum atomic E-state index is 11.8. The lowest BCUT2D eigenvalue weighted by molar-refractivity contribution is -0.121. The molecule has 1 N–H and O–H groups in total. The summed E-state index contributed by atoms with van der Waals surface area (Å²) in [6, 6.07) is 7.64. The number of hydrogen-bond acceptors (Lipinski definition) is 3. The normalized spacial score (nSPS) is 20.2. The van der Waals surface area contributed by atoms with Gasteiger partial charge in [-0.2, -0.15) is 0 Å². The lowest BCUT2D eigenvalue weighted by atomic mass is 10.0. The van der Waals surface area contributed by atoms with E-state index >= 15 is 0 Å². The van der Waals surface area contributed by atoms with Crippen molar-refractivity contribution in [2.75, 3.05) is 6.54 Å². The van der Waals surface area contributed by atoms with Crippen LogP contribution in [0.4, 0.5) is 0 Å². The summed E-state index contributed by atoms with van der Waals surface area (Å²) < 4.78 is 0. The summed E-state index contributed by atoms with van der Waals surface area (Å²) in [4.78, 5) is 17.4. The third-order valence-electron chi connectivity index (χ3n) is 4.92. The van der Waals surface area contributed by atoms with Crippen LogP contribution in [0.1, 0.15) is 82.6 Å². The smallest absolute Gasteiger partial charge is 0.219 e. The van der Waals surface area contributed by atoms with Crippen molar-refractivity contribution in [2.45, 2.75) is 83.7 Å². The fourth-order valence-electron chi connectivity index (χ4n) is 3.28. The number of rotatable bonds is 3. The van der Waals surface area contributed by atoms with E-state index in [1.165, 1.54) is 38.5 Å². The number of nitrogens with one attached hydrogen (secondary N) is 1. The second-order valence-corrected chi connectivity index (χ2v) is 7.78. The van der Waals surface area contributed by atoms with Crippen LogP contribution in [0.3, 0.4) is 0 Å². The first-order chi connectivity index (χ1) is 13.2. The Morgan fingerprint density at radius 1 is 0.852 bits per heavy atom. The molecule has 0 atom stereocenters. The van der Waals surface area contributed by atoms with E-state index in [0.717, 1.165) is 54.9 Å². The zero-order valence-electron chi connectivity index (χ0n) is 16.4. The van der Waals surface area contributed by atoms with Crippen molar-refractivity contribution in [1.29, 1.82) is 0 Å². The SMILES string of the molecule is O=C1CCCCCCCCCC/C(=N/OCc2ccc(Cl)cc2)CCCN1. The Morgan fingerprint density at radius 3 is 2.15 bits per heavy atom. The van der Waals surface area contributed by atoms with E-state index in [1.807, 2.05) is 24.3 Å². The summed E-state index contributed by atoms with van der Waals surface area (Å²) in [5.74, 6) is 0.180. The Balaban J connectivity index is 1.81. The predicted octanol–water partition coefficient (Wildman–Crippen LogP) is 6.02. The topological polar surface area (TPSA) is 50.7 Å². The third-order valence-corrected chi connectivity index (χ3v) is 5.17. The van der Waals surface area contributed by atoms with E-state index in [9.17, 15) is 4.79 Å². The lowest BCUT2D eigenvalue weighted by Crippen LogP contribution is -2.24. The molecule has 0 aliphatic carbocycles. The van der Waals surface area contributed by atoms with Gasteiger partial charge in [-0.1, -0.05) is 67.4 Å². The zero-order valence-corrected chi connectivity index (χ0v) is 17.1. The van der Waals surface area contributed by atoms with Gasteiger partial charge in [0.1, 0.15) is 6.61 Å².